The highest BCUT2D eigenvalue weighted by atomic mass is 16.4. The van der Waals surface area contributed by atoms with Crippen LogP contribution in [0.1, 0.15) is 27.9 Å². The van der Waals surface area contributed by atoms with Crippen molar-refractivity contribution >= 4 is 11.9 Å². The molecular formula is C8H10N2O5. The van der Waals surface area contributed by atoms with Gasteiger partial charge in [-0.05, 0) is 6.92 Å². The lowest BCUT2D eigenvalue weighted by atomic mass is 10.3. The van der Waals surface area contributed by atoms with Gasteiger partial charge < -0.3 is 15.3 Å². The Morgan fingerprint density at radius 3 is 2.47 bits per heavy atom. The molecule has 15 heavy (non-hydrogen) atoms. The predicted octanol–water partition coefficient (Wildman–Crippen LogP) is -0.340. The molecule has 0 aliphatic rings. The zero-order valence-electron chi connectivity index (χ0n) is 7.91. The molecule has 7 nitrogen and oxygen atoms in total. The van der Waals surface area contributed by atoms with Gasteiger partial charge in [-0.1, -0.05) is 0 Å². The summed E-state index contributed by atoms with van der Waals surface area (Å²) in [4.78, 5) is 21.2. The van der Waals surface area contributed by atoms with Crippen LogP contribution in [0.4, 0.5) is 0 Å². The summed E-state index contributed by atoms with van der Waals surface area (Å²) >= 11 is 0. The van der Waals surface area contributed by atoms with Crippen molar-refractivity contribution < 1.29 is 24.9 Å². The molecule has 0 bridgehead atoms. The van der Waals surface area contributed by atoms with Crippen molar-refractivity contribution in [2.24, 2.45) is 0 Å². The Hall–Kier alpha value is -1.89. The minimum absolute atomic E-state index is 0.0606. The second-order valence-electron chi connectivity index (χ2n) is 3.06. The zero-order valence-corrected chi connectivity index (χ0v) is 7.91. The second kappa shape index (κ2) is 4.09. The van der Waals surface area contributed by atoms with Gasteiger partial charge in [0.05, 0.1) is 12.6 Å². The first kappa shape index (κ1) is 11.2. The monoisotopic (exact) mass is 214 g/mol. The summed E-state index contributed by atoms with van der Waals surface area (Å²) in [5.74, 6) is -2.59. The molecule has 0 radical (unpaired) electrons. The number of hydrogen-bond donors (Lipinski definition) is 3. The molecule has 0 saturated carbocycles. The van der Waals surface area contributed by atoms with E-state index in [4.69, 9.17) is 15.3 Å². The first-order valence-electron chi connectivity index (χ1n) is 4.14. The number of carboxylic acid groups (broad SMARTS) is 2. The molecule has 1 unspecified atom stereocenters. The second-order valence-corrected chi connectivity index (χ2v) is 3.06. The number of aliphatic hydroxyl groups excluding tert-OH is 1. The molecule has 82 valence electrons. The van der Waals surface area contributed by atoms with Gasteiger partial charge in [0.15, 0.2) is 5.69 Å². The third-order valence-electron chi connectivity index (χ3n) is 1.66. The van der Waals surface area contributed by atoms with Crippen LogP contribution in [-0.4, -0.2) is 43.1 Å². The Morgan fingerprint density at radius 1 is 1.47 bits per heavy atom. The Kier molecular flexibility index (Phi) is 3.05. The molecule has 0 aromatic carbocycles. The maximum absolute atomic E-state index is 10.7. The minimum atomic E-state index is -1.30. The summed E-state index contributed by atoms with van der Waals surface area (Å²) in [6.07, 6.45) is -0.801. The van der Waals surface area contributed by atoms with Crippen molar-refractivity contribution in [3.63, 3.8) is 0 Å². The van der Waals surface area contributed by atoms with Crippen molar-refractivity contribution in [2.45, 2.75) is 19.6 Å². The van der Waals surface area contributed by atoms with Crippen molar-refractivity contribution in [2.75, 3.05) is 0 Å². The largest absolute Gasteiger partial charge is 0.477 e. The molecule has 0 fully saturated rings. The quantitative estimate of drug-likeness (QED) is 0.632. The van der Waals surface area contributed by atoms with Crippen LogP contribution in [0.2, 0.25) is 0 Å². The van der Waals surface area contributed by atoms with Gasteiger partial charge in [-0.2, -0.15) is 5.10 Å². The predicted molar refractivity (Wildman–Crippen MR) is 47.8 cm³/mol. The van der Waals surface area contributed by atoms with Gasteiger partial charge in [0.2, 0.25) is 0 Å². The van der Waals surface area contributed by atoms with Crippen molar-refractivity contribution in [1.82, 2.24) is 9.78 Å². The Morgan fingerprint density at radius 2 is 2.07 bits per heavy atom. The lowest BCUT2D eigenvalue weighted by molar-refractivity contribution is 0.0669. The highest BCUT2D eigenvalue weighted by Gasteiger charge is 2.18. The number of aromatic carboxylic acids is 2. The van der Waals surface area contributed by atoms with E-state index in [2.05, 4.69) is 5.10 Å². The summed E-state index contributed by atoms with van der Waals surface area (Å²) in [7, 11) is 0. The number of carboxylic acids is 2. The van der Waals surface area contributed by atoms with E-state index in [0.717, 1.165) is 10.7 Å². The Balaban J connectivity index is 3.11. The van der Waals surface area contributed by atoms with Gasteiger partial charge in [-0.25, -0.2) is 9.59 Å². The Labute approximate surface area is 84.6 Å². The summed E-state index contributed by atoms with van der Waals surface area (Å²) in [5, 5.41) is 30.0. The van der Waals surface area contributed by atoms with Gasteiger partial charge in [0.25, 0.3) is 0 Å². The smallest absolute Gasteiger partial charge is 0.356 e. The van der Waals surface area contributed by atoms with Crippen molar-refractivity contribution in [3.8, 4) is 0 Å². The fourth-order valence-corrected chi connectivity index (χ4v) is 1.08. The maximum atomic E-state index is 10.7. The lowest BCUT2D eigenvalue weighted by Crippen LogP contribution is -2.17. The van der Waals surface area contributed by atoms with Crippen molar-refractivity contribution in [3.05, 3.63) is 17.5 Å². The number of hydrogen-bond acceptors (Lipinski definition) is 4. The van der Waals surface area contributed by atoms with Gasteiger partial charge in [0.1, 0.15) is 5.69 Å². The van der Waals surface area contributed by atoms with Crippen LogP contribution < -0.4 is 0 Å². The van der Waals surface area contributed by atoms with E-state index in [0.29, 0.717) is 0 Å². The number of aliphatic hydroxyl groups is 1. The van der Waals surface area contributed by atoms with E-state index in [9.17, 15) is 9.59 Å². The standard InChI is InChI=1S/C8H10N2O5/c1-4(11)3-10-6(8(14)15)2-5(9-10)7(12)13/h2,4,11H,3H2,1H3,(H,12,13)(H,14,15). The van der Waals surface area contributed by atoms with Gasteiger partial charge in [0, 0.05) is 6.07 Å². The topological polar surface area (TPSA) is 113 Å². The number of rotatable bonds is 4. The molecule has 1 aromatic heterocycles. The number of carbonyl (C=O) groups is 2. The van der Waals surface area contributed by atoms with Crippen LogP contribution in [0, 0.1) is 0 Å². The zero-order chi connectivity index (χ0) is 11.6. The molecule has 0 aliphatic heterocycles. The third-order valence-corrected chi connectivity index (χ3v) is 1.66. The first-order chi connectivity index (χ1) is 6.91. The van der Waals surface area contributed by atoms with E-state index < -0.39 is 18.0 Å². The average Bonchev–Trinajstić information content (AvgIpc) is 2.46. The van der Waals surface area contributed by atoms with E-state index in [1.807, 2.05) is 0 Å². The van der Waals surface area contributed by atoms with E-state index in [1.165, 1.54) is 6.92 Å². The van der Waals surface area contributed by atoms with Gasteiger partial charge >= 0.3 is 11.9 Å². The number of nitrogens with zero attached hydrogens (tertiary/aromatic N) is 2. The molecule has 1 atom stereocenters. The fourth-order valence-electron chi connectivity index (χ4n) is 1.08. The normalized spacial score (nSPS) is 12.4. The van der Waals surface area contributed by atoms with Crippen LogP contribution in [0.25, 0.3) is 0 Å². The van der Waals surface area contributed by atoms with Crippen LogP contribution in [0.5, 0.6) is 0 Å². The average molecular weight is 214 g/mol. The third kappa shape index (κ3) is 2.53. The van der Waals surface area contributed by atoms with Crippen LogP contribution in [-0.2, 0) is 6.54 Å². The van der Waals surface area contributed by atoms with Gasteiger partial charge in [-0.3, -0.25) is 4.68 Å². The van der Waals surface area contributed by atoms with E-state index >= 15 is 0 Å². The maximum Gasteiger partial charge on any atom is 0.356 e. The van der Waals surface area contributed by atoms with E-state index in [1.54, 1.807) is 0 Å². The summed E-state index contributed by atoms with van der Waals surface area (Å²) < 4.78 is 0.955. The first-order valence-corrected chi connectivity index (χ1v) is 4.14. The molecule has 0 saturated heterocycles. The minimum Gasteiger partial charge on any atom is -0.477 e. The molecule has 3 N–H and O–H groups in total. The summed E-state index contributed by atoms with van der Waals surface area (Å²) in [6, 6.07) is 0.951. The van der Waals surface area contributed by atoms with Crippen LogP contribution in [0.3, 0.4) is 0 Å². The highest BCUT2D eigenvalue weighted by molar-refractivity contribution is 5.91. The molecule has 1 heterocycles. The molecule has 7 heteroatoms. The summed E-state index contributed by atoms with van der Waals surface area (Å²) in [6.45, 7) is 1.39. The fraction of sp³-hybridized carbons (Fsp3) is 0.375. The molecular weight excluding hydrogens is 204 g/mol. The number of aromatic nitrogens is 2. The molecule has 0 aliphatic carbocycles. The SMILES string of the molecule is CC(O)Cn1nc(C(=O)O)cc1C(=O)O. The van der Waals surface area contributed by atoms with Crippen LogP contribution >= 0.6 is 0 Å². The summed E-state index contributed by atoms with van der Waals surface area (Å²) in [5.41, 5.74) is -0.610. The van der Waals surface area contributed by atoms with Gasteiger partial charge in [-0.15, -0.1) is 0 Å². The lowest BCUT2D eigenvalue weighted by Gasteiger charge is -2.05. The molecule has 1 rings (SSSR count). The Bertz CT molecular complexity index is 396. The molecule has 0 amide bonds. The van der Waals surface area contributed by atoms with E-state index in [-0.39, 0.29) is 17.9 Å². The van der Waals surface area contributed by atoms with Crippen molar-refractivity contribution in [1.29, 1.82) is 0 Å². The highest BCUT2D eigenvalue weighted by Crippen LogP contribution is 2.06. The molecule has 0 spiro atoms. The van der Waals surface area contributed by atoms with Crippen LogP contribution in [0.15, 0.2) is 6.07 Å². The molecule has 1 aromatic rings.